The quantitative estimate of drug-likeness (QED) is 0.790. The number of hydrogen-bond donors (Lipinski definition) is 0. The number of rotatable bonds is 4. The van der Waals surface area contributed by atoms with Gasteiger partial charge in [0.15, 0.2) is 0 Å². The molecular formula is C20H27N3O3S. The number of aromatic nitrogens is 2. The van der Waals surface area contributed by atoms with Crippen LogP contribution in [0.1, 0.15) is 74.1 Å². The third-order valence-corrected chi connectivity index (χ3v) is 7.68. The van der Waals surface area contributed by atoms with Crippen molar-refractivity contribution in [2.24, 2.45) is 0 Å². The molecule has 2 heterocycles. The summed E-state index contributed by atoms with van der Waals surface area (Å²) >= 11 is 0. The van der Waals surface area contributed by atoms with Crippen LogP contribution >= 0.6 is 0 Å². The summed E-state index contributed by atoms with van der Waals surface area (Å²) in [7, 11) is -3.49. The highest BCUT2D eigenvalue weighted by molar-refractivity contribution is 7.89. The maximum Gasteiger partial charge on any atom is 0.243 e. The molecule has 6 nitrogen and oxygen atoms in total. The number of sulfonamides is 1. The average Bonchev–Trinajstić information content (AvgIpc) is 3.19. The van der Waals surface area contributed by atoms with Crippen molar-refractivity contribution < 1.29 is 12.8 Å². The van der Waals surface area contributed by atoms with Crippen molar-refractivity contribution in [3.05, 3.63) is 41.6 Å². The van der Waals surface area contributed by atoms with Gasteiger partial charge in [0.05, 0.1) is 10.8 Å². The van der Waals surface area contributed by atoms with E-state index < -0.39 is 10.0 Å². The Morgan fingerprint density at radius 1 is 0.926 bits per heavy atom. The molecule has 0 bridgehead atoms. The van der Waals surface area contributed by atoms with Gasteiger partial charge in [0, 0.05) is 19.0 Å². The topological polar surface area (TPSA) is 76.3 Å². The summed E-state index contributed by atoms with van der Waals surface area (Å²) in [6.45, 7) is 2.89. The van der Waals surface area contributed by atoms with Crippen LogP contribution in [-0.2, 0) is 10.0 Å². The Hall–Kier alpha value is -1.73. The van der Waals surface area contributed by atoms with E-state index in [9.17, 15) is 8.42 Å². The SMILES string of the molecule is Cc1ccc(S(=O)(=O)N2CCCC(c3nnc(C4CCCCC4)o3)C2)cc1. The van der Waals surface area contributed by atoms with Crippen LogP contribution in [-0.4, -0.2) is 36.0 Å². The smallest absolute Gasteiger partial charge is 0.243 e. The summed E-state index contributed by atoms with van der Waals surface area (Å²) in [5.41, 5.74) is 1.05. The largest absolute Gasteiger partial charge is 0.425 e. The lowest BCUT2D eigenvalue weighted by Crippen LogP contribution is -2.39. The summed E-state index contributed by atoms with van der Waals surface area (Å²) in [5.74, 6) is 1.68. The number of piperidine rings is 1. The van der Waals surface area contributed by atoms with Gasteiger partial charge >= 0.3 is 0 Å². The molecule has 0 N–H and O–H groups in total. The third kappa shape index (κ3) is 3.94. The van der Waals surface area contributed by atoms with Gasteiger partial charge in [-0.3, -0.25) is 0 Å². The van der Waals surface area contributed by atoms with Crippen LogP contribution in [0.5, 0.6) is 0 Å². The monoisotopic (exact) mass is 389 g/mol. The first-order valence-corrected chi connectivity index (χ1v) is 11.4. The fourth-order valence-electron chi connectivity index (χ4n) is 4.15. The zero-order valence-corrected chi connectivity index (χ0v) is 16.6. The van der Waals surface area contributed by atoms with E-state index in [0.29, 0.717) is 29.8 Å². The predicted octanol–water partition coefficient (Wildman–Crippen LogP) is 3.99. The van der Waals surface area contributed by atoms with Crippen molar-refractivity contribution in [2.75, 3.05) is 13.1 Å². The molecule has 1 aliphatic carbocycles. The summed E-state index contributed by atoms with van der Waals surface area (Å²) in [6.07, 6.45) is 7.62. The summed E-state index contributed by atoms with van der Waals surface area (Å²) < 4.78 is 33.5. The Morgan fingerprint density at radius 2 is 1.56 bits per heavy atom. The van der Waals surface area contributed by atoms with Gasteiger partial charge in [-0.25, -0.2) is 8.42 Å². The fraction of sp³-hybridized carbons (Fsp3) is 0.600. The van der Waals surface area contributed by atoms with Gasteiger partial charge < -0.3 is 4.42 Å². The van der Waals surface area contributed by atoms with E-state index in [1.165, 1.54) is 19.3 Å². The Kier molecular flexibility index (Phi) is 5.32. The molecule has 1 saturated heterocycles. The first-order valence-electron chi connectivity index (χ1n) is 9.94. The Bertz CT molecular complexity index is 870. The maximum absolute atomic E-state index is 13.0. The highest BCUT2D eigenvalue weighted by Crippen LogP contribution is 2.34. The van der Waals surface area contributed by atoms with E-state index in [1.54, 1.807) is 16.4 Å². The van der Waals surface area contributed by atoms with Gasteiger partial charge in [-0.05, 0) is 44.7 Å². The van der Waals surface area contributed by atoms with Crippen LogP contribution in [0.25, 0.3) is 0 Å². The number of benzene rings is 1. The zero-order valence-electron chi connectivity index (χ0n) is 15.8. The second-order valence-corrected chi connectivity index (χ2v) is 9.77. The molecule has 0 amide bonds. The predicted molar refractivity (Wildman–Crippen MR) is 102 cm³/mol. The van der Waals surface area contributed by atoms with Crippen LogP contribution in [0.15, 0.2) is 33.6 Å². The van der Waals surface area contributed by atoms with Crippen LogP contribution in [0, 0.1) is 6.92 Å². The molecular weight excluding hydrogens is 362 g/mol. The van der Waals surface area contributed by atoms with E-state index in [2.05, 4.69) is 10.2 Å². The standard InChI is InChI=1S/C20H27N3O3S/c1-15-9-11-18(12-10-15)27(24,25)23-13-5-8-17(14-23)20-22-21-19(26-20)16-6-3-2-4-7-16/h9-12,16-17H,2-8,13-14H2,1H3. The lowest BCUT2D eigenvalue weighted by Gasteiger charge is -2.30. The molecule has 2 fully saturated rings. The first kappa shape index (κ1) is 18.6. The number of nitrogens with zero attached hydrogens (tertiary/aromatic N) is 3. The van der Waals surface area contributed by atoms with E-state index in [0.717, 1.165) is 37.1 Å². The lowest BCUT2D eigenvalue weighted by molar-refractivity contribution is 0.273. The Labute approximate surface area is 161 Å². The van der Waals surface area contributed by atoms with Gasteiger partial charge in [0.1, 0.15) is 0 Å². The van der Waals surface area contributed by atoms with Crippen molar-refractivity contribution in [2.45, 2.75) is 68.6 Å². The van der Waals surface area contributed by atoms with Crippen LogP contribution in [0.4, 0.5) is 0 Å². The molecule has 1 aromatic carbocycles. The Balaban J connectivity index is 1.49. The molecule has 1 saturated carbocycles. The van der Waals surface area contributed by atoms with Crippen molar-refractivity contribution in [3.8, 4) is 0 Å². The summed E-state index contributed by atoms with van der Waals surface area (Å²) in [6, 6.07) is 7.04. The second-order valence-electron chi connectivity index (χ2n) is 7.83. The molecule has 1 aromatic heterocycles. The zero-order chi connectivity index (χ0) is 18.9. The molecule has 7 heteroatoms. The highest BCUT2D eigenvalue weighted by atomic mass is 32.2. The molecule has 1 aliphatic heterocycles. The van der Waals surface area contributed by atoms with Crippen molar-refractivity contribution in [1.82, 2.24) is 14.5 Å². The molecule has 2 aromatic rings. The van der Waals surface area contributed by atoms with Crippen molar-refractivity contribution in [3.63, 3.8) is 0 Å². The van der Waals surface area contributed by atoms with E-state index >= 15 is 0 Å². The van der Waals surface area contributed by atoms with E-state index in [1.807, 2.05) is 19.1 Å². The first-order chi connectivity index (χ1) is 13.0. The molecule has 1 unspecified atom stereocenters. The molecule has 146 valence electrons. The van der Waals surface area contributed by atoms with Gasteiger partial charge in [0.25, 0.3) is 0 Å². The normalized spacial score (nSPS) is 22.8. The van der Waals surface area contributed by atoms with Crippen LogP contribution in [0.3, 0.4) is 0 Å². The van der Waals surface area contributed by atoms with Gasteiger partial charge in [-0.1, -0.05) is 37.0 Å². The number of aryl methyl sites for hydroxylation is 1. The third-order valence-electron chi connectivity index (χ3n) is 5.80. The molecule has 0 radical (unpaired) electrons. The molecule has 0 spiro atoms. The molecule has 2 aliphatic rings. The Morgan fingerprint density at radius 3 is 2.26 bits per heavy atom. The molecule has 4 rings (SSSR count). The minimum absolute atomic E-state index is 0.0242. The highest BCUT2D eigenvalue weighted by Gasteiger charge is 2.33. The summed E-state index contributed by atoms with van der Waals surface area (Å²) in [4.78, 5) is 0.349. The molecule has 1 atom stereocenters. The van der Waals surface area contributed by atoms with Crippen LogP contribution in [0.2, 0.25) is 0 Å². The van der Waals surface area contributed by atoms with Gasteiger partial charge in [0.2, 0.25) is 21.8 Å². The van der Waals surface area contributed by atoms with E-state index in [4.69, 9.17) is 4.42 Å². The second kappa shape index (κ2) is 7.72. The number of hydrogen-bond acceptors (Lipinski definition) is 5. The molecule has 27 heavy (non-hydrogen) atoms. The minimum atomic E-state index is -3.49. The minimum Gasteiger partial charge on any atom is -0.425 e. The average molecular weight is 390 g/mol. The van der Waals surface area contributed by atoms with Gasteiger partial charge in [-0.2, -0.15) is 4.31 Å². The van der Waals surface area contributed by atoms with E-state index in [-0.39, 0.29) is 5.92 Å². The van der Waals surface area contributed by atoms with Crippen molar-refractivity contribution >= 4 is 10.0 Å². The maximum atomic E-state index is 13.0. The van der Waals surface area contributed by atoms with Crippen LogP contribution < -0.4 is 0 Å². The summed E-state index contributed by atoms with van der Waals surface area (Å²) in [5, 5.41) is 8.56. The van der Waals surface area contributed by atoms with Gasteiger partial charge in [-0.15, -0.1) is 10.2 Å². The fourth-order valence-corrected chi connectivity index (χ4v) is 5.67. The lowest BCUT2D eigenvalue weighted by atomic mass is 9.89. The van der Waals surface area contributed by atoms with Crippen molar-refractivity contribution in [1.29, 1.82) is 0 Å².